The van der Waals surface area contributed by atoms with Gasteiger partial charge in [0.15, 0.2) is 6.29 Å². The molecular formula is C12H11BrN2O2. The van der Waals surface area contributed by atoms with Gasteiger partial charge in [0.05, 0.1) is 13.4 Å². The molecule has 2 rings (SSSR count). The summed E-state index contributed by atoms with van der Waals surface area (Å²) >= 11 is 3.23. The highest BCUT2D eigenvalue weighted by atomic mass is 79.9. The van der Waals surface area contributed by atoms with E-state index in [2.05, 4.69) is 20.9 Å². The van der Waals surface area contributed by atoms with Crippen molar-refractivity contribution in [2.75, 3.05) is 7.11 Å². The van der Waals surface area contributed by atoms with Crippen molar-refractivity contribution in [3.05, 3.63) is 46.5 Å². The SMILES string of the molecule is COc1ccc(Cn2cnc(Br)c2C=O)cc1. The second kappa shape index (κ2) is 5.14. The molecule has 0 spiro atoms. The quantitative estimate of drug-likeness (QED) is 0.814. The maximum Gasteiger partial charge on any atom is 0.169 e. The van der Waals surface area contributed by atoms with E-state index in [0.29, 0.717) is 16.8 Å². The van der Waals surface area contributed by atoms with Gasteiger partial charge in [0, 0.05) is 6.54 Å². The molecule has 17 heavy (non-hydrogen) atoms. The van der Waals surface area contributed by atoms with E-state index in [1.165, 1.54) is 0 Å². The van der Waals surface area contributed by atoms with Crippen LogP contribution in [0, 0.1) is 0 Å². The van der Waals surface area contributed by atoms with E-state index in [1.54, 1.807) is 18.0 Å². The highest BCUT2D eigenvalue weighted by Gasteiger charge is 2.07. The standard InChI is InChI=1S/C12H11BrN2O2/c1-17-10-4-2-9(3-5-10)6-15-8-14-12(13)11(15)7-16/h2-5,7-8H,6H2,1H3. The Morgan fingerprint density at radius 1 is 1.41 bits per heavy atom. The number of carbonyl (C=O) groups excluding carboxylic acids is 1. The van der Waals surface area contributed by atoms with Crippen molar-refractivity contribution < 1.29 is 9.53 Å². The first kappa shape index (κ1) is 11.9. The zero-order valence-electron chi connectivity index (χ0n) is 9.26. The largest absolute Gasteiger partial charge is 0.497 e. The molecule has 0 bridgehead atoms. The van der Waals surface area contributed by atoms with Crippen molar-refractivity contribution in [3.63, 3.8) is 0 Å². The van der Waals surface area contributed by atoms with E-state index in [1.807, 2.05) is 24.3 Å². The van der Waals surface area contributed by atoms with E-state index >= 15 is 0 Å². The zero-order chi connectivity index (χ0) is 12.3. The second-order valence-corrected chi connectivity index (χ2v) is 4.27. The van der Waals surface area contributed by atoms with Gasteiger partial charge in [-0.05, 0) is 33.6 Å². The Kier molecular flexibility index (Phi) is 3.58. The number of nitrogens with zero attached hydrogens (tertiary/aromatic N) is 2. The molecule has 1 aromatic heterocycles. The summed E-state index contributed by atoms with van der Waals surface area (Å²) in [5.41, 5.74) is 1.62. The van der Waals surface area contributed by atoms with Gasteiger partial charge in [-0.25, -0.2) is 4.98 Å². The Morgan fingerprint density at radius 2 is 2.12 bits per heavy atom. The Hall–Kier alpha value is -1.62. The highest BCUT2D eigenvalue weighted by Crippen LogP contribution is 2.16. The molecular weight excluding hydrogens is 284 g/mol. The average molecular weight is 295 g/mol. The molecule has 0 fully saturated rings. The van der Waals surface area contributed by atoms with Gasteiger partial charge in [0.1, 0.15) is 16.0 Å². The lowest BCUT2D eigenvalue weighted by atomic mass is 10.2. The van der Waals surface area contributed by atoms with Crippen molar-refractivity contribution in [2.24, 2.45) is 0 Å². The predicted octanol–water partition coefficient (Wildman–Crippen LogP) is 2.52. The fourth-order valence-electron chi connectivity index (χ4n) is 1.54. The molecule has 0 aliphatic carbocycles. The summed E-state index contributed by atoms with van der Waals surface area (Å²) in [6, 6.07) is 7.70. The molecule has 0 saturated carbocycles. The van der Waals surface area contributed by atoms with Crippen molar-refractivity contribution in [3.8, 4) is 5.75 Å². The summed E-state index contributed by atoms with van der Waals surface area (Å²) in [6.45, 7) is 0.608. The molecule has 0 amide bonds. The number of ether oxygens (including phenoxy) is 1. The first-order valence-corrected chi connectivity index (χ1v) is 5.82. The van der Waals surface area contributed by atoms with Crippen molar-refractivity contribution >= 4 is 22.2 Å². The molecule has 88 valence electrons. The fourth-order valence-corrected chi connectivity index (χ4v) is 1.95. The number of hydrogen-bond acceptors (Lipinski definition) is 3. The van der Waals surface area contributed by atoms with Crippen LogP contribution in [0.5, 0.6) is 5.75 Å². The molecule has 0 unspecified atom stereocenters. The lowest BCUT2D eigenvalue weighted by molar-refractivity contribution is 0.111. The van der Waals surface area contributed by atoms with Gasteiger partial charge < -0.3 is 9.30 Å². The van der Waals surface area contributed by atoms with Gasteiger partial charge in [0.2, 0.25) is 0 Å². The summed E-state index contributed by atoms with van der Waals surface area (Å²) in [7, 11) is 1.63. The second-order valence-electron chi connectivity index (χ2n) is 3.51. The van der Waals surface area contributed by atoms with Crippen LogP contribution < -0.4 is 4.74 Å². The van der Waals surface area contributed by atoms with Crippen LogP contribution >= 0.6 is 15.9 Å². The van der Waals surface area contributed by atoms with Crippen LogP contribution in [0.15, 0.2) is 35.2 Å². The summed E-state index contributed by atoms with van der Waals surface area (Å²) in [4.78, 5) is 14.9. The molecule has 5 heteroatoms. The number of hydrogen-bond donors (Lipinski definition) is 0. The Bertz CT molecular complexity index is 520. The van der Waals surface area contributed by atoms with Crippen molar-refractivity contribution in [2.45, 2.75) is 6.54 Å². The molecule has 0 aliphatic rings. The fraction of sp³-hybridized carbons (Fsp3) is 0.167. The maximum absolute atomic E-state index is 10.9. The summed E-state index contributed by atoms with van der Waals surface area (Å²) in [6.07, 6.45) is 2.43. The highest BCUT2D eigenvalue weighted by molar-refractivity contribution is 9.10. The molecule has 2 aromatic rings. The van der Waals surface area contributed by atoms with E-state index in [0.717, 1.165) is 17.6 Å². The minimum absolute atomic E-state index is 0.542. The minimum Gasteiger partial charge on any atom is -0.497 e. The predicted molar refractivity (Wildman–Crippen MR) is 67.4 cm³/mol. The topological polar surface area (TPSA) is 44.1 Å². The van der Waals surface area contributed by atoms with Crippen molar-refractivity contribution in [1.29, 1.82) is 0 Å². The molecule has 1 aromatic carbocycles. The normalized spacial score (nSPS) is 10.2. The van der Waals surface area contributed by atoms with Gasteiger partial charge >= 0.3 is 0 Å². The zero-order valence-corrected chi connectivity index (χ0v) is 10.8. The van der Waals surface area contributed by atoms with Crippen LogP contribution in [-0.2, 0) is 6.54 Å². The van der Waals surface area contributed by atoms with E-state index in [-0.39, 0.29) is 0 Å². The van der Waals surface area contributed by atoms with Gasteiger partial charge in [-0.2, -0.15) is 0 Å². The van der Waals surface area contributed by atoms with E-state index in [9.17, 15) is 4.79 Å². The van der Waals surface area contributed by atoms with Crippen molar-refractivity contribution in [1.82, 2.24) is 9.55 Å². The lowest BCUT2D eigenvalue weighted by Crippen LogP contribution is -2.02. The molecule has 0 saturated heterocycles. The third kappa shape index (κ3) is 2.55. The summed E-state index contributed by atoms with van der Waals surface area (Å²) < 4.78 is 7.45. The summed E-state index contributed by atoms with van der Waals surface area (Å²) in [5, 5.41) is 0. The minimum atomic E-state index is 0.542. The number of benzene rings is 1. The third-order valence-corrected chi connectivity index (χ3v) is 3.07. The van der Waals surface area contributed by atoms with Gasteiger partial charge in [0.25, 0.3) is 0 Å². The van der Waals surface area contributed by atoms with Crippen LogP contribution in [0.4, 0.5) is 0 Å². The Morgan fingerprint density at radius 3 is 2.71 bits per heavy atom. The van der Waals surface area contributed by atoms with Crippen LogP contribution in [0.25, 0.3) is 0 Å². The first-order chi connectivity index (χ1) is 8.24. The lowest BCUT2D eigenvalue weighted by Gasteiger charge is -2.05. The number of carbonyl (C=O) groups is 1. The van der Waals surface area contributed by atoms with Gasteiger partial charge in [-0.15, -0.1) is 0 Å². The van der Waals surface area contributed by atoms with E-state index in [4.69, 9.17) is 4.74 Å². The van der Waals surface area contributed by atoms with Crippen LogP contribution in [0.3, 0.4) is 0 Å². The average Bonchev–Trinajstić information content (AvgIpc) is 2.71. The molecule has 0 N–H and O–H groups in total. The Labute approximate surface area is 107 Å². The third-order valence-electron chi connectivity index (χ3n) is 2.45. The monoisotopic (exact) mass is 294 g/mol. The maximum atomic E-state index is 10.9. The molecule has 4 nitrogen and oxygen atoms in total. The summed E-state index contributed by atoms with van der Waals surface area (Å²) in [5.74, 6) is 0.816. The molecule has 0 aliphatic heterocycles. The van der Waals surface area contributed by atoms with Crippen LogP contribution in [0.1, 0.15) is 16.1 Å². The molecule has 0 atom stereocenters. The number of aromatic nitrogens is 2. The first-order valence-electron chi connectivity index (χ1n) is 5.03. The number of rotatable bonds is 4. The molecule has 1 heterocycles. The molecule has 0 radical (unpaired) electrons. The number of imidazole rings is 1. The van der Waals surface area contributed by atoms with Gasteiger partial charge in [-0.3, -0.25) is 4.79 Å². The van der Waals surface area contributed by atoms with Crippen LogP contribution in [0.2, 0.25) is 0 Å². The number of halogens is 1. The smallest absolute Gasteiger partial charge is 0.169 e. The Balaban J connectivity index is 2.22. The number of aldehydes is 1. The van der Waals surface area contributed by atoms with E-state index < -0.39 is 0 Å². The number of methoxy groups -OCH3 is 1. The van der Waals surface area contributed by atoms with Gasteiger partial charge in [-0.1, -0.05) is 12.1 Å². The van der Waals surface area contributed by atoms with Crippen LogP contribution in [-0.4, -0.2) is 22.9 Å².